The molecule has 0 aliphatic rings. The third-order valence-electron chi connectivity index (χ3n) is 2.49. The van der Waals surface area contributed by atoms with Crippen molar-refractivity contribution in [3.63, 3.8) is 0 Å². The Hall–Kier alpha value is -0.511. The number of benzene rings is 1. The van der Waals surface area contributed by atoms with Gasteiger partial charge in [-0.15, -0.1) is 0 Å². The molecule has 0 aliphatic heterocycles. The summed E-state index contributed by atoms with van der Waals surface area (Å²) in [5.41, 5.74) is 2.14. The van der Waals surface area contributed by atoms with E-state index < -0.39 is 11.9 Å². The number of aliphatic carboxylic acids is 1. The molecule has 16 heavy (non-hydrogen) atoms. The van der Waals surface area contributed by atoms with Gasteiger partial charge in [-0.25, -0.2) is 0 Å². The molecule has 1 unspecified atom stereocenters. The van der Waals surface area contributed by atoms with Crippen molar-refractivity contribution in [1.82, 2.24) is 0 Å². The first-order valence-electron chi connectivity index (χ1n) is 5.32. The van der Waals surface area contributed by atoms with Gasteiger partial charge in [0.1, 0.15) is 0 Å². The molecule has 1 aromatic rings. The first-order chi connectivity index (χ1) is 7.00. The van der Waals surface area contributed by atoms with E-state index in [1.165, 1.54) is 5.56 Å². The molecule has 0 heterocycles. The SMILES string of the molecule is CC(C)Cc1ccc(C(C)C(=O)O)cc1.[Sn]. The Morgan fingerprint density at radius 2 is 1.69 bits per heavy atom. The van der Waals surface area contributed by atoms with E-state index in [2.05, 4.69) is 13.8 Å². The Labute approximate surface area is 114 Å². The van der Waals surface area contributed by atoms with Crippen LogP contribution in [-0.4, -0.2) is 35.0 Å². The van der Waals surface area contributed by atoms with Crippen molar-refractivity contribution < 1.29 is 9.90 Å². The maximum Gasteiger partial charge on any atom is 0.310 e. The second kappa shape index (κ2) is 6.94. The summed E-state index contributed by atoms with van der Waals surface area (Å²) in [7, 11) is 0. The zero-order chi connectivity index (χ0) is 11.4. The molecule has 0 fully saturated rings. The van der Waals surface area contributed by atoms with E-state index in [9.17, 15) is 4.79 Å². The van der Waals surface area contributed by atoms with Crippen LogP contribution in [0.15, 0.2) is 24.3 Å². The minimum atomic E-state index is -0.772. The molecule has 86 valence electrons. The summed E-state index contributed by atoms with van der Waals surface area (Å²) in [5.74, 6) is -0.558. The molecule has 0 saturated heterocycles. The molecule has 1 rings (SSSR count). The number of rotatable bonds is 4. The smallest absolute Gasteiger partial charge is 0.310 e. The van der Waals surface area contributed by atoms with Crippen LogP contribution in [0.3, 0.4) is 0 Å². The van der Waals surface area contributed by atoms with Crippen LogP contribution in [-0.2, 0) is 11.2 Å². The summed E-state index contributed by atoms with van der Waals surface area (Å²) in [5, 5.41) is 8.85. The third kappa shape index (κ3) is 4.56. The van der Waals surface area contributed by atoms with E-state index >= 15 is 0 Å². The number of carboxylic acid groups (broad SMARTS) is 1. The molecule has 4 radical (unpaired) electrons. The Morgan fingerprint density at radius 1 is 1.19 bits per heavy atom. The number of hydrogen-bond donors (Lipinski definition) is 1. The first kappa shape index (κ1) is 15.5. The number of carbonyl (C=O) groups is 1. The van der Waals surface area contributed by atoms with Crippen LogP contribution < -0.4 is 0 Å². The molecule has 2 nitrogen and oxygen atoms in total. The van der Waals surface area contributed by atoms with E-state index in [0.717, 1.165) is 12.0 Å². The Kier molecular flexibility index (Phi) is 6.72. The Balaban J connectivity index is 0.00000225. The minimum Gasteiger partial charge on any atom is -0.481 e. The molecule has 3 heteroatoms. The number of carboxylic acids is 1. The van der Waals surface area contributed by atoms with Gasteiger partial charge in [0.05, 0.1) is 5.92 Å². The van der Waals surface area contributed by atoms with Crippen LogP contribution in [0.1, 0.15) is 37.8 Å². The second-order valence-corrected chi connectivity index (χ2v) is 4.40. The summed E-state index contributed by atoms with van der Waals surface area (Å²) in [6.07, 6.45) is 1.04. The molecule has 1 atom stereocenters. The minimum absolute atomic E-state index is 0. The van der Waals surface area contributed by atoms with Crippen LogP contribution in [0.25, 0.3) is 0 Å². The molecule has 0 saturated carbocycles. The zero-order valence-electron chi connectivity index (χ0n) is 10.0. The van der Waals surface area contributed by atoms with Crippen molar-refractivity contribution in [1.29, 1.82) is 0 Å². The maximum absolute atomic E-state index is 10.8. The van der Waals surface area contributed by atoms with Crippen LogP contribution in [0.5, 0.6) is 0 Å². The molecular weight excluding hydrogens is 307 g/mol. The molecule has 0 amide bonds. The van der Waals surface area contributed by atoms with Crippen LogP contribution in [0.4, 0.5) is 0 Å². The van der Waals surface area contributed by atoms with Crippen molar-refractivity contribution in [2.75, 3.05) is 0 Å². The average molecular weight is 325 g/mol. The van der Waals surface area contributed by atoms with Gasteiger partial charge >= 0.3 is 5.97 Å². The third-order valence-corrected chi connectivity index (χ3v) is 2.49. The number of hydrogen-bond acceptors (Lipinski definition) is 1. The molecule has 0 aliphatic carbocycles. The summed E-state index contributed by atoms with van der Waals surface area (Å²) >= 11 is 0. The second-order valence-electron chi connectivity index (χ2n) is 4.40. The van der Waals surface area contributed by atoms with Gasteiger partial charge in [0, 0.05) is 23.9 Å². The van der Waals surface area contributed by atoms with Crippen molar-refractivity contribution in [2.24, 2.45) is 5.92 Å². The first-order valence-corrected chi connectivity index (χ1v) is 5.32. The zero-order valence-corrected chi connectivity index (χ0v) is 12.9. The Morgan fingerprint density at radius 3 is 2.06 bits per heavy atom. The molecule has 1 N–H and O–H groups in total. The summed E-state index contributed by atoms with van der Waals surface area (Å²) in [4.78, 5) is 10.8. The van der Waals surface area contributed by atoms with Crippen LogP contribution >= 0.6 is 0 Å². The van der Waals surface area contributed by atoms with Gasteiger partial charge in [-0.05, 0) is 30.4 Å². The van der Waals surface area contributed by atoms with Crippen molar-refractivity contribution in [2.45, 2.75) is 33.1 Å². The fraction of sp³-hybridized carbons (Fsp3) is 0.462. The summed E-state index contributed by atoms with van der Waals surface area (Å²) in [6, 6.07) is 7.87. The van der Waals surface area contributed by atoms with Gasteiger partial charge in [-0.3, -0.25) is 4.79 Å². The largest absolute Gasteiger partial charge is 0.481 e. The summed E-state index contributed by atoms with van der Waals surface area (Å²) in [6.45, 7) is 6.06. The van der Waals surface area contributed by atoms with E-state index in [-0.39, 0.29) is 23.9 Å². The van der Waals surface area contributed by atoms with Gasteiger partial charge in [0.15, 0.2) is 0 Å². The maximum atomic E-state index is 10.8. The Bertz CT molecular complexity index is 330. The van der Waals surface area contributed by atoms with Gasteiger partial charge in [0.25, 0.3) is 0 Å². The quantitative estimate of drug-likeness (QED) is 0.865. The average Bonchev–Trinajstić information content (AvgIpc) is 2.17. The predicted molar refractivity (Wildman–Crippen MR) is 66.8 cm³/mol. The molecule has 0 aromatic heterocycles. The topological polar surface area (TPSA) is 37.3 Å². The van der Waals surface area contributed by atoms with Gasteiger partial charge in [-0.2, -0.15) is 0 Å². The predicted octanol–water partition coefficient (Wildman–Crippen LogP) is 2.69. The fourth-order valence-electron chi connectivity index (χ4n) is 1.56. The van der Waals surface area contributed by atoms with Crippen LogP contribution in [0.2, 0.25) is 0 Å². The van der Waals surface area contributed by atoms with E-state index in [1.807, 2.05) is 24.3 Å². The normalized spacial score (nSPS) is 12.0. The van der Waals surface area contributed by atoms with Crippen molar-refractivity contribution >= 4 is 29.9 Å². The van der Waals surface area contributed by atoms with Crippen molar-refractivity contribution in [3.05, 3.63) is 35.4 Å². The van der Waals surface area contributed by atoms with Gasteiger partial charge in [0.2, 0.25) is 0 Å². The monoisotopic (exact) mass is 326 g/mol. The van der Waals surface area contributed by atoms with E-state index in [4.69, 9.17) is 5.11 Å². The fourth-order valence-corrected chi connectivity index (χ4v) is 1.56. The molecule has 0 bridgehead atoms. The molecular formula is C13H18O2Sn. The molecule has 1 aromatic carbocycles. The van der Waals surface area contributed by atoms with Crippen LogP contribution in [0, 0.1) is 5.92 Å². The van der Waals surface area contributed by atoms with E-state index in [1.54, 1.807) is 6.92 Å². The molecule has 0 spiro atoms. The summed E-state index contributed by atoms with van der Waals surface area (Å²) < 4.78 is 0. The van der Waals surface area contributed by atoms with Gasteiger partial charge < -0.3 is 5.11 Å². The van der Waals surface area contributed by atoms with E-state index in [0.29, 0.717) is 5.92 Å². The van der Waals surface area contributed by atoms with Gasteiger partial charge in [-0.1, -0.05) is 38.1 Å². The van der Waals surface area contributed by atoms with Crippen molar-refractivity contribution in [3.8, 4) is 0 Å². The standard InChI is InChI=1S/C13H18O2.Sn/c1-9(2)8-11-4-6-12(7-5-11)10(3)13(14)15;/h4-7,9-10H,8H2,1-3H3,(H,14,15);.